The van der Waals surface area contributed by atoms with Gasteiger partial charge in [-0.1, -0.05) is 6.08 Å². The van der Waals surface area contributed by atoms with Crippen LogP contribution in [-0.2, 0) is 4.74 Å². The van der Waals surface area contributed by atoms with Crippen LogP contribution in [0.15, 0.2) is 48.7 Å². The second-order valence-electron chi connectivity index (χ2n) is 12.0. The van der Waals surface area contributed by atoms with Gasteiger partial charge in [-0.25, -0.2) is 14.5 Å². The van der Waals surface area contributed by atoms with Gasteiger partial charge in [0.05, 0.1) is 13.2 Å². The molecule has 0 aliphatic carbocycles. The molecular formula is C30H38N8O2. The molecule has 3 aromatic rings. The van der Waals surface area contributed by atoms with Crippen molar-refractivity contribution >= 4 is 28.8 Å². The predicted molar refractivity (Wildman–Crippen MR) is 154 cm³/mol. The van der Waals surface area contributed by atoms with Gasteiger partial charge in [0.1, 0.15) is 0 Å². The fraction of sp³-hybridized carbons (Fsp3) is 0.500. The number of ether oxygens (including phenoxy) is 1. The Morgan fingerprint density at radius 3 is 2.52 bits per heavy atom. The Kier molecular flexibility index (Phi) is 6.58. The maximum Gasteiger partial charge on any atom is 0.253 e. The van der Waals surface area contributed by atoms with Gasteiger partial charge in [-0.3, -0.25) is 4.79 Å². The average molecular weight is 543 g/mol. The van der Waals surface area contributed by atoms with Gasteiger partial charge in [0.15, 0.2) is 5.65 Å². The summed E-state index contributed by atoms with van der Waals surface area (Å²) in [5.41, 5.74) is 5.29. The normalized spacial score (nSPS) is 22.1. The lowest BCUT2D eigenvalue weighted by Crippen LogP contribution is -2.70. The first-order valence-corrected chi connectivity index (χ1v) is 14.4. The zero-order chi connectivity index (χ0) is 27.3. The average Bonchev–Trinajstić information content (AvgIpc) is 3.34. The first-order valence-electron chi connectivity index (χ1n) is 14.4. The molecule has 4 aliphatic rings. The number of carbonyl (C=O) groups excluding carboxylic acids is 1. The van der Waals surface area contributed by atoms with Crippen LogP contribution in [0, 0.1) is 5.41 Å². The first-order chi connectivity index (χ1) is 19.5. The lowest BCUT2D eigenvalue weighted by molar-refractivity contribution is -0.243. The van der Waals surface area contributed by atoms with Gasteiger partial charge < -0.3 is 19.9 Å². The number of hydrazine groups is 1. The summed E-state index contributed by atoms with van der Waals surface area (Å²) in [5.74, 6) is 0.614. The summed E-state index contributed by atoms with van der Waals surface area (Å²) in [6.07, 6.45) is 7.29. The monoisotopic (exact) mass is 542 g/mol. The summed E-state index contributed by atoms with van der Waals surface area (Å²) in [6.45, 7) is 8.08. The minimum absolute atomic E-state index is 0.0709. The van der Waals surface area contributed by atoms with Gasteiger partial charge >= 0.3 is 0 Å². The number of benzene rings is 1. The maximum atomic E-state index is 13.1. The van der Waals surface area contributed by atoms with Crippen LogP contribution in [0.4, 0.5) is 11.6 Å². The zero-order valence-electron chi connectivity index (χ0n) is 23.4. The third-order valence-corrected chi connectivity index (χ3v) is 9.09. The smallest absolute Gasteiger partial charge is 0.253 e. The Labute approximate surface area is 235 Å². The molecule has 6 heterocycles. The Balaban J connectivity index is 1.01. The highest BCUT2D eigenvalue weighted by Crippen LogP contribution is 2.39. The molecule has 3 fully saturated rings. The number of likely N-dealkylation sites (tertiary alicyclic amines) is 1. The van der Waals surface area contributed by atoms with E-state index in [1.54, 1.807) is 0 Å². The number of fused-ring (bicyclic) bond motifs is 1. The third-order valence-electron chi connectivity index (χ3n) is 9.09. The van der Waals surface area contributed by atoms with E-state index in [2.05, 4.69) is 44.5 Å². The maximum absolute atomic E-state index is 13.1. The molecule has 2 aromatic heterocycles. The molecule has 4 aliphatic heterocycles. The molecule has 10 nitrogen and oxygen atoms in total. The van der Waals surface area contributed by atoms with Crippen molar-refractivity contribution in [3.63, 3.8) is 0 Å². The number of hydrogen-bond donors (Lipinski definition) is 1. The number of piperidine rings is 1. The fourth-order valence-corrected chi connectivity index (χ4v) is 6.45. The quantitative estimate of drug-likeness (QED) is 0.509. The fourth-order valence-electron chi connectivity index (χ4n) is 6.45. The van der Waals surface area contributed by atoms with E-state index >= 15 is 0 Å². The van der Waals surface area contributed by atoms with Crippen molar-refractivity contribution in [3.05, 3.63) is 59.8 Å². The second-order valence-corrected chi connectivity index (χ2v) is 12.0. The number of rotatable bonds is 6. The third kappa shape index (κ3) is 4.79. The standard InChI is InChI=1S/C30H38N8O2/c1-34-14-11-25(12-15-34)35(2)28(39)23-5-7-24(8-6-23)31-29-32-27-26(4-3-13-38(27)33-29)22-9-16-36(17-10-22)37-18-30(19-37)20-40-21-30/h3-9,13,25H,10-12,14-21H2,1-2H3,(H,31,33). The molecule has 0 bridgehead atoms. The van der Waals surface area contributed by atoms with E-state index in [4.69, 9.17) is 9.72 Å². The van der Waals surface area contributed by atoms with Gasteiger partial charge in [0, 0.05) is 67.7 Å². The van der Waals surface area contributed by atoms with Crippen molar-refractivity contribution in [3.8, 4) is 0 Å². The Bertz CT molecular complexity index is 1410. The zero-order valence-corrected chi connectivity index (χ0v) is 23.4. The summed E-state index contributed by atoms with van der Waals surface area (Å²) in [6, 6.07) is 12.1. The van der Waals surface area contributed by atoms with Crippen LogP contribution in [0.25, 0.3) is 11.2 Å². The van der Waals surface area contributed by atoms with Crippen LogP contribution in [0.5, 0.6) is 0 Å². The van der Waals surface area contributed by atoms with E-state index < -0.39 is 0 Å². The predicted octanol–water partition coefficient (Wildman–Crippen LogP) is 2.98. The lowest BCUT2D eigenvalue weighted by Gasteiger charge is -2.58. The van der Waals surface area contributed by atoms with Gasteiger partial charge in [-0.15, -0.1) is 5.10 Å². The van der Waals surface area contributed by atoms with Crippen LogP contribution in [-0.4, -0.2) is 113 Å². The highest BCUT2D eigenvalue weighted by atomic mass is 16.5. The van der Waals surface area contributed by atoms with Crippen LogP contribution < -0.4 is 5.32 Å². The molecule has 10 heteroatoms. The van der Waals surface area contributed by atoms with Gasteiger partial charge in [0.25, 0.3) is 5.91 Å². The summed E-state index contributed by atoms with van der Waals surface area (Å²) in [7, 11) is 4.06. The number of pyridine rings is 1. The second kappa shape index (κ2) is 10.3. The van der Waals surface area contributed by atoms with E-state index in [-0.39, 0.29) is 5.91 Å². The Morgan fingerprint density at radius 1 is 1.07 bits per heavy atom. The van der Waals surface area contributed by atoms with E-state index in [1.165, 1.54) is 5.57 Å². The number of hydrogen-bond acceptors (Lipinski definition) is 8. The summed E-state index contributed by atoms with van der Waals surface area (Å²) in [4.78, 5) is 22.1. The molecule has 1 amide bonds. The Morgan fingerprint density at radius 2 is 1.85 bits per heavy atom. The van der Waals surface area contributed by atoms with Crippen molar-refractivity contribution < 1.29 is 9.53 Å². The molecule has 7 rings (SSSR count). The lowest BCUT2D eigenvalue weighted by atomic mass is 9.79. The number of nitrogens with zero attached hydrogens (tertiary/aromatic N) is 7. The number of anilines is 2. The molecule has 0 saturated carbocycles. The summed E-state index contributed by atoms with van der Waals surface area (Å²) in [5, 5.41) is 12.9. The van der Waals surface area contributed by atoms with Crippen LogP contribution in [0.3, 0.4) is 0 Å². The number of nitrogens with one attached hydrogen (secondary N) is 1. The van der Waals surface area contributed by atoms with Crippen molar-refractivity contribution in [2.24, 2.45) is 5.41 Å². The van der Waals surface area contributed by atoms with E-state index in [9.17, 15) is 4.79 Å². The molecule has 0 atom stereocenters. The minimum Gasteiger partial charge on any atom is -0.380 e. The van der Waals surface area contributed by atoms with Gasteiger partial charge in [-0.05, 0) is 81.4 Å². The number of amides is 1. The molecule has 40 heavy (non-hydrogen) atoms. The first kappa shape index (κ1) is 25.6. The largest absolute Gasteiger partial charge is 0.380 e. The summed E-state index contributed by atoms with van der Waals surface area (Å²) < 4.78 is 7.27. The van der Waals surface area contributed by atoms with E-state index in [0.29, 0.717) is 23.0 Å². The van der Waals surface area contributed by atoms with Crippen LogP contribution in [0.1, 0.15) is 35.2 Å². The van der Waals surface area contributed by atoms with Crippen molar-refractivity contribution in [1.29, 1.82) is 0 Å². The summed E-state index contributed by atoms with van der Waals surface area (Å²) >= 11 is 0. The highest BCUT2D eigenvalue weighted by Gasteiger charge is 2.50. The minimum atomic E-state index is 0.0709. The van der Waals surface area contributed by atoms with Crippen LogP contribution >= 0.6 is 0 Å². The van der Waals surface area contributed by atoms with Crippen LogP contribution in [0.2, 0.25) is 0 Å². The van der Waals surface area contributed by atoms with E-state index in [1.807, 2.05) is 53.0 Å². The highest BCUT2D eigenvalue weighted by molar-refractivity contribution is 5.94. The van der Waals surface area contributed by atoms with Crippen molar-refractivity contribution in [1.82, 2.24) is 34.4 Å². The molecule has 1 spiro atoms. The van der Waals surface area contributed by atoms with Gasteiger partial charge in [0.2, 0.25) is 5.95 Å². The topological polar surface area (TPSA) is 81.5 Å². The number of carbonyl (C=O) groups is 1. The van der Waals surface area contributed by atoms with Crippen molar-refractivity contribution in [2.45, 2.75) is 25.3 Å². The molecule has 1 aromatic carbocycles. The molecule has 0 unspecified atom stereocenters. The molecule has 3 saturated heterocycles. The Hall–Kier alpha value is -3.31. The van der Waals surface area contributed by atoms with Crippen molar-refractivity contribution in [2.75, 3.05) is 71.9 Å². The van der Waals surface area contributed by atoms with Gasteiger partial charge in [-0.2, -0.15) is 4.98 Å². The SMILES string of the molecule is CN1CCC(N(C)C(=O)c2ccc(Nc3nc4c(C5=CCN(N6CC7(COC7)C6)CC5)cccn4n3)cc2)CC1. The molecule has 0 radical (unpaired) electrons. The molecular weight excluding hydrogens is 504 g/mol. The molecule has 210 valence electrons. The molecule has 1 N–H and O–H groups in total. The van der Waals surface area contributed by atoms with E-state index in [0.717, 1.165) is 88.6 Å². The number of aromatic nitrogens is 3.